The van der Waals surface area contributed by atoms with Crippen LogP contribution in [0.4, 0.5) is 0 Å². The lowest BCUT2D eigenvalue weighted by molar-refractivity contribution is 1.61. The molecule has 140 valence electrons. The molecule has 0 atom stereocenters. The number of hydrogen-bond acceptors (Lipinski definition) is 0. The van der Waals surface area contributed by atoms with Crippen molar-refractivity contribution in [1.82, 2.24) is 0 Å². The smallest absolute Gasteiger partial charge is 0.00264 e. The van der Waals surface area contributed by atoms with Crippen molar-refractivity contribution in [2.24, 2.45) is 0 Å². The van der Waals surface area contributed by atoms with Gasteiger partial charge < -0.3 is 0 Å². The summed E-state index contributed by atoms with van der Waals surface area (Å²) in [6.07, 6.45) is 0. The SMILES string of the molecule is c1ccc(-c2cccc(-c3cc4ccc5ccccc5c4c4ccccc34)c2)cc1. The summed E-state index contributed by atoms with van der Waals surface area (Å²) in [6, 6.07) is 43.8. The molecule has 0 saturated carbocycles. The Hall–Kier alpha value is -3.90. The normalized spacial score (nSPS) is 11.3. The van der Waals surface area contributed by atoms with Crippen molar-refractivity contribution < 1.29 is 0 Å². The molecule has 0 nitrogen and oxygen atoms in total. The summed E-state index contributed by atoms with van der Waals surface area (Å²) in [7, 11) is 0. The fourth-order valence-corrected chi connectivity index (χ4v) is 4.61. The van der Waals surface area contributed by atoms with Gasteiger partial charge in [0.15, 0.2) is 0 Å². The van der Waals surface area contributed by atoms with Crippen molar-refractivity contribution in [2.75, 3.05) is 0 Å². The van der Waals surface area contributed by atoms with E-state index in [0.717, 1.165) is 0 Å². The Morgan fingerprint density at radius 3 is 1.83 bits per heavy atom. The third kappa shape index (κ3) is 2.69. The van der Waals surface area contributed by atoms with E-state index in [9.17, 15) is 0 Å². The van der Waals surface area contributed by atoms with Gasteiger partial charge in [0.25, 0.3) is 0 Å². The molecule has 0 N–H and O–H groups in total. The predicted octanol–water partition coefficient (Wildman–Crippen LogP) is 8.48. The second kappa shape index (κ2) is 6.86. The molecule has 0 bridgehead atoms. The van der Waals surface area contributed by atoms with Crippen LogP contribution in [0.2, 0.25) is 0 Å². The maximum atomic E-state index is 2.36. The first-order valence-corrected chi connectivity index (χ1v) is 10.4. The van der Waals surface area contributed by atoms with E-state index < -0.39 is 0 Å². The van der Waals surface area contributed by atoms with Crippen molar-refractivity contribution in [3.05, 3.63) is 121 Å². The van der Waals surface area contributed by atoms with Crippen LogP contribution < -0.4 is 0 Å². The molecular weight excluding hydrogens is 360 g/mol. The van der Waals surface area contributed by atoms with Crippen LogP contribution in [0, 0.1) is 0 Å². The van der Waals surface area contributed by atoms with Gasteiger partial charge in [-0.1, -0.05) is 109 Å². The Morgan fingerprint density at radius 1 is 0.333 bits per heavy atom. The van der Waals surface area contributed by atoms with Gasteiger partial charge in [-0.3, -0.25) is 0 Å². The highest BCUT2D eigenvalue weighted by atomic mass is 14.1. The summed E-state index contributed by atoms with van der Waals surface area (Å²) in [6.45, 7) is 0. The summed E-state index contributed by atoms with van der Waals surface area (Å²) < 4.78 is 0. The van der Waals surface area contributed by atoms with Crippen molar-refractivity contribution in [1.29, 1.82) is 0 Å². The van der Waals surface area contributed by atoms with E-state index in [4.69, 9.17) is 0 Å². The minimum absolute atomic E-state index is 1.25. The molecule has 0 saturated heterocycles. The number of benzene rings is 6. The first kappa shape index (κ1) is 17.0. The van der Waals surface area contributed by atoms with E-state index in [0.29, 0.717) is 0 Å². The molecule has 6 aromatic rings. The zero-order valence-electron chi connectivity index (χ0n) is 16.5. The van der Waals surface area contributed by atoms with Gasteiger partial charge in [0.1, 0.15) is 0 Å². The molecule has 30 heavy (non-hydrogen) atoms. The summed E-state index contributed by atoms with van der Waals surface area (Å²) in [5.74, 6) is 0. The third-order valence-corrected chi connectivity index (χ3v) is 6.03. The average molecular weight is 380 g/mol. The molecule has 0 aliphatic carbocycles. The fourth-order valence-electron chi connectivity index (χ4n) is 4.61. The second-order valence-electron chi connectivity index (χ2n) is 7.80. The highest BCUT2D eigenvalue weighted by Crippen LogP contribution is 2.39. The zero-order chi connectivity index (χ0) is 19.9. The van der Waals surface area contributed by atoms with Gasteiger partial charge in [0.05, 0.1) is 0 Å². The molecular formula is C30H20. The molecule has 0 fully saturated rings. The fraction of sp³-hybridized carbons (Fsp3) is 0. The van der Waals surface area contributed by atoms with Crippen LogP contribution in [0.1, 0.15) is 0 Å². The minimum Gasteiger partial charge on any atom is -0.0622 e. The van der Waals surface area contributed by atoms with Gasteiger partial charge >= 0.3 is 0 Å². The monoisotopic (exact) mass is 380 g/mol. The summed E-state index contributed by atoms with van der Waals surface area (Å²) in [4.78, 5) is 0. The van der Waals surface area contributed by atoms with Gasteiger partial charge in [-0.25, -0.2) is 0 Å². The Bertz CT molecular complexity index is 1520. The molecule has 0 unspecified atom stereocenters. The number of rotatable bonds is 2. The topological polar surface area (TPSA) is 0 Å². The largest absolute Gasteiger partial charge is 0.0622 e. The van der Waals surface area contributed by atoms with Gasteiger partial charge in [0, 0.05) is 0 Å². The molecule has 0 heterocycles. The highest BCUT2D eigenvalue weighted by molar-refractivity contribution is 6.23. The van der Waals surface area contributed by atoms with Crippen LogP contribution in [0.15, 0.2) is 121 Å². The quantitative estimate of drug-likeness (QED) is 0.264. The molecule has 6 rings (SSSR count). The maximum absolute atomic E-state index is 2.36. The van der Waals surface area contributed by atoms with Crippen molar-refractivity contribution in [3.8, 4) is 22.3 Å². The third-order valence-electron chi connectivity index (χ3n) is 6.03. The molecule has 0 aliphatic heterocycles. The van der Waals surface area contributed by atoms with Crippen LogP contribution in [0.5, 0.6) is 0 Å². The van der Waals surface area contributed by atoms with Crippen molar-refractivity contribution >= 4 is 32.3 Å². The molecule has 6 aromatic carbocycles. The summed E-state index contributed by atoms with van der Waals surface area (Å²) in [5.41, 5.74) is 5.03. The second-order valence-corrected chi connectivity index (χ2v) is 7.80. The lowest BCUT2D eigenvalue weighted by Crippen LogP contribution is -1.87. The predicted molar refractivity (Wildman–Crippen MR) is 130 cm³/mol. The van der Waals surface area contributed by atoms with E-state index in [1.54, 1.807) is 0 Å². The van der Waals surface area contributed by atoms with E-state index in [-0.39, 0.29) is 0 Å². The standard InChI is InChI=1S/C30H20/c1-2-9-21(10-3-1)23-12-8-13-24(19-23)29-20-25-18-17-22-11-4-5-14-26(22)30(25)28-16-7-6-15-27(28)29/h1-20H. The van der Waals surface area contributed by atoms with E-state index >= 15 is 0 Å². The number of hydrogen-bond donors (Lipinski definition) is 0. The van der Waals surface area contributed by atoms with Crippen LogP contribution in [-0.2, 0) is 0 Å². The van der Waals surface area contributed by atoms with Gasteiger partial charge in [-0.15, -0.1) is 0 Å². The molecule has 0 aliphatic rings. The Morgan fingerprint density at radius 2 is 0.967 bits per heavy atom. The van der Waals surface area contributed by atoms with Gasteiger partial charge in [-0.05, 0) is 66.7 Å². The van der Waals surface area contributed by atoms with Gasteiger partial charge in [-0.2, -0.15) is 0 Å². The molecule has 0 spiro atoms. The molecule has 0 heteroatoms. The Balaban J connectivity index is 1.67. The summed E-state index contributed by atoms with van der Waals surface area (Å²) >= 11 is 0. The van der Waals surface area contributed by atoms with E-state index in [2.05, 4.69) is 121 Å². The average Bonchev–Trinajstić information content (AvgIpc) is 2.84. The lowest BCUT2D eigenvalue weighted by Gasteiger charge is -2.14. The zero-order valence-corrected chi connectivity index (χ0v) is 16.5. The van der Waals surface area contributed by atoms with Crippen LogP contribution in [0.3, 0.4) is 0 Å². The number of fused-ring (bicyclic) bond motifs is 5. The Kier molecular flexibility index (Phi) is 3.89. The van der Waals surface area contributed by atoms with Crippen LogP contribution in [0.25, 0.3) is 54.6 Å². The van der Waals surface area contributed by atoms with Crippen LogP contribution in [-0.4, -0.2) is 0 Å². The first-order chi connectivity index (χ1) is 14.9. The van der Waals surface area contributed by atoms with Crippen molar-refractivity contribution in [3.63, 3.8) is 0 Å². The first-order valence-electron chi connectivity index (χ1n) is 10.4. The van der Waals surface area contributed by atoms with E-state index in [1.165, 1.54) is 54.6 Å². The van der Waals surface area contributed by atoms with Crippen LogP contribution >= 0.6 is 0 Å². The lowest BCUT2D eigenvalue weighted by atomic mass is 9.90. The van der Waals surface area contributed by atoms with E-state index in [1.807, 2.05) is 0 Å². The molecule has 0 radical (unpaired) electrons. The minimum atomic E-state index is 1.25. The molecule has 0 amide bonds. The van der Waals surface area contributed by atoms with Gasteiger partial charge in [0.2, 0.25) is 0 Å². The maximum Gasteiger partial charge on any atom is -0.00264 e. The molecule has 0 aromatic heterocycles. The highest BCUT2D eigenvalue weighted by Gasteiger charge is 2.11. The summed E-state index contributed by atoms with van der Waals surface area (Å²) in [5, 5.41) is 7.84. The van der Waals surface area contributed by atoms with Crippen molar-refractivity contribution in [2.45, 2.75) is 0 Å². The Labute approximate surface area is 176 Å².